The number of amides is 1. The van der Waals surface area contributed by atoms with E-state index in [0.29, 0.717) is 11.4 Å². The average Bonchev–Trinajstić information content (AvgIpc) is 3.15. The Morgan fingerprint density at radius 3 is 2.54 bits per heavy atom. The minimum Gasteiger partial charge on any atom is -0.335 e. The Hall–Kier alpha value is -3.02. The lowest BCUT2D eigenvalue weighted by molar-refractivity contribution is 0.0742. The summed E-state index contributed by atoms with van der Waals surface area (Å²) < 4.78 is 14.8. The van der Waals surface area contributed by atoms with E-state index in [0.717, 1.165) is 5.56 Å². The van der Waals surface area contributed by atoms with Crippen LogP contribution in [0.2, 0.25) is 0 Å². The third-order valence-corrected chi connectivity index (χ3v) is 4.02. The van der Waals surface area contributed by atoms with Crippen molar-refractivity contribution in [3.05, 3.63) is 78.3 Å². The molecule has 0 fully saturated rings. The number of imidazole rings is 1. The Morgan fingerprint density at radius 2 is 1.96 bits per heavy atom. The molecule has 0 aliphatic heterocycles. The van der Waals surface area contributed by atoms with Crippen molar-refractivity contribution in [1.29, 1.82) is 0 Å². The molecule has 1 unspecified atom stereocenters. The molecule has 2 aromatic heterocycles. The van der Waals surface area contributed by atoms with Gasteiger partial charge in [0.2, 0.25) is 0 Å². The van der Waals surface area contributed by atoms with Gasteiger partial charge in [-0.15, -0.1) is 0 Å². The second-order valence-corrected chi connectivity index (χ2v) is 5.52. The van der Waals surface area contributed by atoms with E-state index in [1.807, 2.05) is 6.92 Å². The molecule has 0 aliphatic carbocycles. The Balaban J connectivity index is 1.76. The van der Waals surface area contributed by atoms with Gasteiger partial charge in [-0.2, -0.15) is 0 Å². The van der Waals surface area contributed by atoms with Gasteiger partial charge in [-0.1, -0.05) is 12.1 Å². The molecule has 0 radical (unpaired) electrons. The molecule has 1 atom stereocenters. The number of pyridine rings is 1. The predicted molar refractivity (Wildman–Crippen MR) is 88.3 cm³/mol. The summed E-state index contributed by atoms with van der Waals surface area (Å²) in [6.45, 7) is 1.90. The molecule has 122 valence electrons. The smallest absolute Gasteiger partial charge is 0.255 e. The maximum atomic E-state index is 13.0. The van der Waals surface area contributed by atoms with Gasteiger partial charge in [0, 0.05) is 25.6 Å². The monoisotopic (exact) mass is 324 g/mol. The summed E-state index contributed by atoms with van der Waals surface area (Å²) >= 11 is 0. The van der Waals surface area contributed by atoms with Gasteiger partial charge in [0.1, 0.15) is 18.0 Å². The molecule has 3 rings (SSSR count). The van der Waals surface area contributed by atoms with E-state index in [4.69, 9.17) is 0 Å². The van der Waals surface area contributed by atoms with Crippen LogP contribution in [0.4, 0.5) is 4.39 Å². The van der Waals surface area contributed by atoms with Gasteiger partial charge in [0.25, 0.3) is 5.91 Å². The van der Waals surface area contributed by atoms with Gasteiger partial charge < -0.3 is 4.90 Å². The lowest BCUT2D eigenvalue weighted by atomic mass is 10.1. The summed E-state index contributed by atoms with van der Waals surface area (Å²) in [6.07, 6.45) is 6.64. The van der Waals surface area contributed by atoms with Crippen LogP contribution in [0.1, 0.15) is 28.9 Å². The van der Waals surface area contributed by atoms with E-state index in [1.165, 1.54) is 12.1 Å². The van der Waals surface area contributed by atoms with Gasteiger partial charge in [-0.25, -0.2) is 14.4 Å². The highest BCUT2D eigenvalue weighted by molar-refractivity contribution is 5.94. The minimum atomic E-state index is -0.292. The summed E-state index contributed by atoms with van der Waals surface area (Å²) in [5.74, 6) is 0.258. The fourth-order valence-corrected chi connectivity index (χ4v) is 2.40. The van der Waals surface area contributed by atoms with Gasteiger partial charge >= 0.3 is 0 Å². The normalized spacial score (nSPS) is 12.0. The zero-order valence-corrected chi connectivity index (χ0v) is 13.4. The second-order valence-electron chi connectivity index (χ2n) is 5.52. The van der Waals surface area contributed by atoms with E-state index in [-0.39, 0.29) is 17.8 Å². The molecule has 0 bridgehead atoms. The van der Waals surface area contributed by atoms with Crippen LogP contribution in [-0.4, -0.2) is 32.4 Å². The number of rotatable bonds is 4. The third kappa shape index (κ3) is 3.17. The van der Waals surface area contributed by atoms with Crippen LogP contribution in [-0.2, 0) is 0 Å². The van der Waals surface area contributed by atoms with Gasteiger partial charge in [-0.05, 0) is 36.8 Å². The fraction of sp³-hybridized carbons (Fsp3) is 0.167. The first kappa shape index (κ1) is 15.9. The Kier molecular flexibility index (Phi) is 4.37. The highest BCUT2D eigenvalue weighted by Crippen LogP contribution is 2.21. The molecule has 5 nitrogen and oxygen atoms in total. The summed E-state index contributed by atoms with van der Waals surface area (Å²) in [5, 5.41) is 0. The number of hydrogen-bond acceptors (Lipinski definition) is 3. The molecule has 24 heavy (non-hydrogen) atoms. The Morgan fingerprint density at radius 1 is 1.21 bits per heavy atom. The van der Waals surface area contributed by atoms with Crippen LogP contribution < -0.4 is 0 Å². The van der Waals surface area contributed by atoms with Crippen molar-refractivity contribution in [3.63, 3.8) is 0 Å². The second kappa shape index (κ2) is 6.62. The molecule has 0 saturated heterocycles. The Bertz CT molecular complexity index is 813. The first-order valence-electron chi connectivity index (χ1n) is 7.53. The van der Waals surface area contributed by atoms with E-state index >= 15 is 0 Å². The number of carbonyl (C=O) groups excluding carboxylic acids is 1. The van der Waals surface area contributed by atoms with E-state index in [9.17, 15) is 9.18 Å². The van der Waals surface area contributed by atoms with Crippen molar-refractivity contribution in [3.8, 4) is 5.82 Å². The molecule has 1 amide bonds. The number of carbonyl (C=O) groups is 1. The van der Waals surface area contributed by atoms with Crippen LogP contribution in [0.25, 0.3) is 5.82 Å². The van der Waals surface area contributed by atoms with Crippen molar-refractivity contribution in [2.75, 3.05) is 7.05 Å². The van der Waals surface area contributed by atoms with Crippen LogP contribution in [0.3, 0.4) is 0 Å². The van der Waals surface area contributed by atoms with E-state index in [1.54, 1.807) is 65.7 Å². The van der Waals surface area contributed by atoms with E-state index in [2.05, 4.69) is 9.97 Å². The molecular weight excluding hydrogens is 307 g/mol. The third-order valence-electron chi connectivity index (χ3n) is 4.02. The van der Waals surface area contributed by atoms with Gasteiger partial charge in [-0.3, -0.25) is 9.36 Å². The molecule has 2 heterocycles. The van der Waals surface area contributed by atoms with E-state index < -0.39 is 0 Å². The lowest BCUT2D eigenvalue weighted by Crippen LogP contribution is -2.29. The first-order valence-corrected chi connectivity index (χ1v) is 7.53. The number of aromatic nitrogens is 3. The molecule has 0 spiro atoms. The lowest BCUT2D eigenvalue weighted by Gasteiger charge is -2.25. The standard InChI is InChI=1S/C18H17FN4O/c1-13(14-3-6-16(19)7-4-14)22(2)18(24)15-5-8-17(21-11-15)23-10-9-20-12-23/h3-13H,1-2H3. The highest BCUT2D eigenvalue weighted by Gasteiger charge is 2.19. The van der Waals surface area contributed by atoms with Crippen molar-refractivity contribution in [2.45, 2.75) is 13.0 Å². The number of hydrogen-bond donors (Lipinski definition) is 0. The molecule has 0 saturated carbocycles. The number of halogens is 1. The maximum absolute atomic E-state index is 13.0. The van der Waals surface area contributed by atoms with Crippen molar-refractivity contribution >= 4 is 5.91 Å². The van der Waals surface area contributed by atoms with Crippen LogP contribution in [0, 0.1) is 5.82 Å². The molecule has 0 aliphatic rings. The highest BCUT2D eigenvalue weighted by atomic mass is 19.1. The average molecular weight is 324 g/mol. The molecule has 6 heteroatoms. The molecule has 0 N–H and O–H groups in total. The van der Waals surface area contributed by atoms with Crippen LogP contribution in [0.15, 0.2) is 61.3 Å². The summed E-state index contributed by atoms with van der Waals surface area (Å²) in [4.78, 5) is 22.5. The SMILES string of the molecule is CC(c1ccc(F)cc1)N(C)C(=O)c1ccc(-n2ccnc2)nc1. The zero-order valence-electron chi connectivity index (χ0n) is 13.4. The number of benzene rings is 1. The number of nitrogens with zero attached hydrogens (tertiary/aromatic N) is 4. The maximum Gasteiger partial charge on any atom is 0.255 e. The van der Waals surface area contributed by atoms with Gasteiger partial charge in [0.05, 0.1) is 11.6 Å². The van der Waals surface area contributed by atoms with Crippen LogP contribution >= 0.6 is 0 Å². The molecule has 3 aromatic rings. The molecular formula is C18H17FN4O. The first-order chi connectivity index (χ1) is 11.6. The zero-order chi connectivity index (χ0) is 17.1. The van der Waals surface area contributed by atoms with Crippen LogP contribution in [0.5, 0.6) is 0 Å². The largest absolute Gasteiger partial charge is 0.335 e. The topological polar surface area (TPSA) is 51.0 Å². The Labute approximate surface area is 139 Å². The summed E-state index contributed by atoms with van der Waals surface area (Å²) in [6, 6.07) is 9.49. The van der Waals surface area contributed by atoms with Gasteiger partial charge in [0.15, 0.2) is 0 Å². The fourth-order valence-electron chi connectivity index (χ4n) is 2.40. The summed E-state index contributed by atoms with van der Waals surface area (Å²) in [5.41, 5.74) is 1.37. The predicted octanol–water partition coefficient (Wildman–Crippen LogP) is 3.24. The quantitative estimate of drug-likeness (QED) is 0.740. The summed E-state index contributed by atoms with van der Waals surface area (Å²) in [7, 11) is 1.72. The van der Waals surface area contributed by atoms with Crippen molar-refractivity contribution in [1.82, 2.24) is 19.4 Å². The minimum absolute atomic E-state index is 0.142. The molecule has 1 aromatic carbocycles. The van der Waals surface area contributed by atoms with Crippen molar-refractivity contribution < 1.29 is 9.18 Å². The van der Waals surface area contributed by atoms with Crippen molar-refractivity contribution in [2.24, 2.45) is 0 Å².